The molecule has 2 aromatic rings. The van der Waals surface area contributed by atoms with Crippen molar-refractivity contribution < 1.29 is 9.59 Å². The Labute approximate surface area is 156 Å². The summed E-state index contributed by atoms with van der Waals surface area (Å²) in [7, 11) is 0. The van der Waals surface area contributed by atoms with E-state index in [1.54, 1.807) is 0 Å². The molecule has 1 aliphatic rings. The van der Waals surface area contributed by atoms with Gasteiger partial charge in [-0.15, -0.1) is 0 Å². The lowest BCUT2D eigenvalue weighted by atomic mass is 9.89. The number of rotatable bonds is 5. The molecule has 4 nitrogen and oxygen atoms in total. The molecule has 5 heteroatoms. The van der Waals surface area contributed by atoms with Crippen molar-refractivity contribution >= 4 is 33.4 Å². The van der Waals surface area contributed by atoms with Gasteiger partial charge in [0.1, 0.15) is 0 Å². The van der Waals surface area contributed by atoms with Crippen LogP contribution >= 0.6 is 15.9 Å². The van der Waals surface area contributed by atoms with Crippen molar-refractivity contribution in [2.45, 2.75) is 38.1 Å². The van der Waals surface area contributed by atoms with Gasteiger partial charge in [-0.2, -0.15) is 0 Å². The van der Waals surface area contributed by atoms with Crippen LogP contribution in [0.25, 0.3) is 0 Å². The summed E-state index contributed by atoms with van der Waals surface area (Å²) in [5.41, 5.74) is 2.87. The summed E-state index contributed by atoms with van der Waals surface area (Å²) in [6, 6.07) is 15.8. The maximum Gasteiger partial charge on any atom is 0.228 e. The quantitative estimate of drug-likeness (QED) is 0.796. The molecule has 0 bridgehead atoms. The van der Waals surface area contributed by atoms with E-state index in [2.05, 4.69) is 38.7 Å². The maximum atomic E-state index is 12.7. The zero-order chi connectivity index (χ0) is 17.8. The summed E-state index contributed by atoms with van der Waals surface area (Å²) < 4.78 is 1.06. The molecule has 2 amide bonds. The molecule has 0 radical (unpaired) electrons. The topological polar surface area (TPSA) is 58.2 Å². The Balaban J connectivity index is 1.60. The van der Waals surface area contributed by atoms with E-state index in [1.807, 2.05) is 43.3 Å². The molecular formula is C20H21BrN2O2. The molecule has 130 valence electrons. The van der Waals surface area contributed by atoms with Crippen molar-refractivity contribution in [1.82, 2.24) is 5.32 Å². The second-order valence-electron chi connectivity index (χ2n) is 6.47. The molecule has 2 N–H and O–H groups in total. The maximum absolute atomic E-state index is 12.7. The Hall–Kier alpha value is -2.14. The highest BCUT2D eigenvalue weighted by Gasteiger charge is 2.30. The molecule has 1 heterocycles. The fourth-order valence-corrected chi connectivity index (χ4v) is 3.36. The van der Waals surface area contributed by atoms with Gasteiger partial charge in [-0.25, -0.2) is 0 Å². The molecule has 2 atom stereocenters. The number of para-hydroxylation sites is 1. The van der Waals surface area contributed by atoms with Gasteiger partial charge in [0.2, 0.25) is 11.8 Å². The van der Waals surface area contributed by atoms with Gasteiger partial charge in [0.05, 0.1) is 5.92 Å². The first-order valence-electron chi connectivity index (χ1n) is 8.46. The molecular weight excluding hydrogens is 380 g/mol. The number of fused-ring (bicyclic) bond motifs is 1. The SMILES string of the molecule is CC(CCc1ccc(Br)cc1)NC(=O)C1CC(=O)Nc2ccccc21. The molecule has 0 fully saturated rings. The number of anilines is 1. The number of benzene rings is 2. The van der Waals surface area contributed by atoms with Crippen LogP contribution in [0.5, 0.6) is 0 Å². The van der Waals surface area contributed by atoms with Crippen molar-refractivity contribution in [2.24, 2.45) is 0 Å². The highest BCUT2D eigenvalue weighted by Crippen LogP contribution is 2.32. The van der Waals surface area contributed by atoms with E-state index in [0.717, 1.165) is 28.6 Å². The number of hydrogen-bond donors (Lipinski definition) is 2. The molecule has 25 heavy (non-hydrogen) atoms. The molecule has 0 aliphatic carbocycles. The summed E-state index contributed by atoms with van der Waals surface area (Å²) in [4.78, 5) is 24.5. The third kappa shape index (κ3) is 4.48. The molecule has 0 saturated heterocycles. The zero-order valence-electron chi connectivity index (χ0n) is 14.1. The van der Waals surface area contributed by atoms with Crippen LogP contribution in [0.4, 0.5) is 5.69 Å². The Morgan fingerprint density at radius 3 is 2.72 bits per heavy atom. The third-order valence-corrected chi connectivity index (χ3v) is 5.01. The van der Waals surface area contributed by atoms with Crippen molar-refractivity contribution in [1.29, 1.82) is 0 Å². The first kappa shape index (κ1) is 17.7. The summed E-state index contributed by atoms with van der Waals surface area (Å²) >= 11 is 3.43. The Morgan fingerprint density at radius 2 is 1.96 bits per heavy atom. The van der Waals surface area contributed by atoms with E-state index < -0.39 is 5.92 Å². The van der Waals surface area contributed by atoms with Crippen LogP contribution in [0.15, 0.2) is 53.0 Å². The van der Waals surface area contributed by atoms with Gasteiger partial charge in [-0.3, -0.25) is 9.59 Å². The van der Waals surface area contributed by atoms with E-state index in [-0.39, 0.29) is 24.3 Å². The van der Waals surface area contributed by atoms with Gasteiger partial charge >= 0.3 is 0 Å². The first-order chi connectivity index (χ1) is 12.0. The van der Waals surface area contributed by atoms with Crippen LogP contribution in [-0.4, -0.2) is 17.9 Å². The number of carbonyl (C=O) groups is 2. The summed E-state index contributed by atoms with van der Waals surface area (Å²) in [6.07, 6.45) is 1.95. The number of halogens is 1. The summed E-state index contributed by atoms with van der Waals surface area (Å²) in [6.45, 7) is 2.01. The van der Waals surface area contributed by atoms with E-state index >= 15 is 0 Å². The number of amides is 2. The highest BCUT2D eigenvalue weighted by atomic mass is 79.9. The van der Waals surface area contributed by atoms with Gasteiger partial charge in [-0.1, -0.05) is 46.3 Å². The van der Waals surface area contributed by atoms with E-state index in [1.165, 1.54) is 5.56 Å². The molecule has 0 saturated carbocycles. The first-order valence-corrected chi connectivity index (χ1v) is 9.26. The average molecular weight is 401 g/mol. The second kappa shape index (κ2) is 7.83. The predicted octanol–water partition coefficient (Wildman–Crippen LogP) is 4.01. The Bertz CT molecular complexity index is 774. The van der Waals surface area contributed by atoms with Crippen LogP contribution in [0.1, 0.15) is 36.8 Å². The van der Waals surface area contributed by atoms with Crippen LogP contribution in [0.3, 0.4) is 0 Å². The summed E-state index contributed by atoms with van der Waals surface area (Å²) in [5.74, 6) is -0.605. The number of hydrogen-bond acceptors (Lipinski definition) is 2. The van der Waals surface area contributed by atoms with E-state index in [0.29, 0.717) is 0 Å². The van der Waals surface area contributed by atoms with Gasteiger partial charge in [0.25, 0.3) is 0 Å². The lowest BCUT2D eigenvalue weighted by Crippen LogP contribution is -2.39. The standard InChI is InChI=1S/C20H21BrN2O2/c1-13(6-7-14-8-10-15(21)11-9-14)22-20(25)17-12-19(24)23-18-5-3-2-4-16(17)18/h2-5,8-11,13,17H,6-7,12H2,1H3,(H,22,25)(H,23,24). The number of carbonyl (C=O) groups excluding carboxylic acids is 2. The fraction of sp³-hybridized carbons (Fsp3) is 0.300. The van der Waals surface area contributed by atoms with Crippen LogP contribution < -0.4 is 10.6 Å². The minimum Gasteiger partial charge on any atom is -0.353 e. The van der Waals surface area contributed by atoms with Gasteiger partial charge in [-0.05, 0) is 49.1 Å². The van der Waals surface area contributed by atoms with Crippen LogP contribution in [0.2, 0.25) is 0 Å². The molecule has 0 aromatic heterocycles. The van der Waals surface area contributed by atoms with Crippen molar-refractivity contribution in [3.8, 4) is 0 Å². The average Bonchev–Trinajstić information content (AvgIpc) is 2.60. The minimum absolute atomic E-state index is 0.0493. The molecule has 2 aromatic carbocycles. The monoisotopic (exact) mass is 400 g/mol. The largest absolute Gasteiger partial charge is 0.353 e. The Kier molecular flexibility index (Phi) is 5.53. The van der Waals surface area contributed by atoms with Crippen molar-refractivity contribution in [2.75, 3.05) is 5.32 Å². The lowest BCUT2D eigenvalue weighted by molar-refractivity contribution is -0.126. The van der Waals surface area contributed by atoms with E-state index in [4.69, 9.17) is 0 Å². The zero-order valence-corrected chi connectivity index (χ0v) is 15.7. The normalized spacial score (nSPS) is 17.4. The van der Waals surface area contributed by atoms with Gasteiger partial charge in [0.15, 0.2) is 0 Å². The van der Waals surface area contributed by atoms with Crippen LogP contribution in [-0.2, 0) is 16.0 Å². The molecule has 3 rings (SSSR count). The van der Waals surface area contributed by atoms with Gasteiger partial charge in [0, 0.05) is 22.6 Å². The van der Waals surface area contributed by atoms with Gasteiger partial charge < -0.3 is 10.6 Å². The Morgan fingerprint density at radius 1 is 1.24 bits per heavy atom. The van der Waals surface area contributed by atoms with Crippen LogP contribution in [0, 0.1) is 0 Å². The van der Waals surface area contributed by atoms with E-state index in [9.17, 15) is 9.59 Å². The van der Waals surface area contributed by atoms with Crippen molar-refractivity contribution in [3.63, 3.8) is 0 Å². The highest BCUT2D eigenvalue weighted by molar-refractivity contribution is 9.10. The minimum atomic E-state index is -0.417. The fourth-order valence-electron chi connectivity index (χ4n) is 3.10. The van der Waals surface area contributed by atoms with Crippen molar-refractivity contribution in [3.05, 3.63) is 64.1 Å². The summed E-state index contributed by atoms with van der Waals surface area (Å²) in [5, 5.41) is 5.89. The number of aryl methyl sites for hydroxylation is 1. The number of nitrogens with one attached hydrogen (secondary N) is 2. The second-order valence-corrected chi connectivity index (χ2v) is 7.38. The molecule has 1 aliphatic heterocycles. The molecule has 0 spiro atoms. The molecule has 2 unspecified atom stereocenters. The lowest BCUT2D eigenvalue weighted by Gasteiger charge is -2.26. The smallest absolute Gasteiger partial charge is 0.228 e. The predicted molar refractivity (Wildman–Crippen MR) is 102 cm³/mol. The third-order valence-electron chi connectivity index (χ3n) is 4.48.